The number of hydrogen-bond acceptors (Lipinski definition) is 2. The van der Waals surface area contributed by atoms with Crippen molar-refractivity contribution in [1.29, 1.82) is 0 Å². The maximum atomic E-state index is 6.03. The lowest BCUT2D eigenvalue weighted by Crippen LogP contribution is -2.45. The minimum Gasteiger partial charge on any atom is -0.370 e. The molecule has 0 N–H and O–H groups in total. The van der Waals surface area contributed by atoms with Crippen LogP contribution in [0.25, 0.3) is 0 Å². The van der Waals surface area contributed by atoms with Gasteiger partial charge in [-0.25, -0.2) is 0 Å². The Hall–Kier alpha value is -0.440. The van der Waals surface area contributed by atoms with Crippen LogP contribution in [0.1, 0.15) is 18.4 Å². The van der Waals surface area contributed by atoms with Crippen LogP contribution in [0.5, 0.6) is 0 Å². The van der Waals surface area contributed by atoms with E-state index < -0.39 is 0 Å². The molecular weight excluding hydrogens is 267 g/mol. The molecule has 1 heterocycles. The molecule has 0 saturated carbocycles. The van der Waals surface area contributed by atoms with E-state index in [0.29, 0.717) is 11.9 Å². The average Bonchev–Trinajstić information content (AvgIpc) is 2.38. The van der Waals surface area contributed by atoms with Crippen LogP contribution < -0.4 is 4.90 Å². The Labute approximate surface area is 119 Å². The summed E-state index contributed by atoms with van der Waals surface area (Å²) in [6.07, 6.45) is 2.50. The minimum absolute atomic E-state index is 0.513. The second-order valence-corrected chi connectivity index (χ2v) is 5.82. The van der Waals surface area contributed by atoms with Crippen molar-refractivity contribution in [3.63, 3.8) is 0 Å². The summed E-state index contributed by atoms with van der Waals surface area (Å²) < 4.78 is 0. The molecule has 0 radical (unpaired) electrons. The summed E-state index contributed by atoms with van der Waals surface area (Å²) in [6, 6.07) is 6.64. The molecule has 1 aliphatic rings. The van der Waals surface area contributed by atoms with Crippen LogP contribution in [0, 0.1) is 0 Å². The standard InChI is InChI=1S/C14H20Cl2N2/c1-17(2)13-4-3-7-18(10-13)14-6-5-12(16)8-11(14)9-15/h5-6,8,13H,3-4,7,9-10H2,1-2H3. The third-order valence-electron chi connectivity index (χ3n) is 3.65. The second-order valence-electron chi connectivity index (χ2n) is 5.11. The van der Waals surface area contributed by atoms with Crippen molar-refractivity contribution in [3.05, 3.63) is 28.8 Å². The third-order valence-corrected chi connectivity index (χ3v) is 4.18. The monoisotopic (exact) mass is 286 g/mol. The second kappa shape index (κ2) is 6.14. The van der Waals surface area contributed by atoms with Gasteiger partial charge in [0.25, 0.3) is 0 Å². The van der Waals surface area contributed by atoms with Crippen LogP contribution in [-0.2, 0) is 5.88 Å². The highest BCUT2D eigenvalue weighted by atomic mass is 35.5. The lowest BCUT2D eigenvalue weighted by molar-refractivity contribution is 0.258. The number of piperidine rings is 1. The zero-order valence-corrected chi connectivity index (χ0v) is 12.5. The third kappa shape index (κ3) is 3.11. The number of alkyl halides is 1. The van der Waals surface area contributed by atoms with Crippen molar-refractivity contribution < 1.29 is 0 Å². The molecule has 2 nitrogen and oxygen atoms in total. The Bertz CT molecular complexity index is 407. The fourth-order valence-corrected chi connectivity index (χ4v) is 2.97. The molecule has 1 fully saturated rings. The SMILES string of the molecule is CN(C)C1CCCN(c2ccc(Cl)cc2CCl)C1. The van der Waals surface area contributed by atoms with Crippen molar-refractivity contribution in [2.75, 3.05) is 32.1 Å². The summed E-state index contributed by atoms with van der Waals surface area (Å²) in [4.78, 5) is 4.74. The van der Waals surface area contributed by atoms with Gasteiger partial charge in [-0.1, -0.05) is 11.6 Å². The summed E-state index contributed by atoms with van der Waals surface area (Å²) in [7, 11) is 4.30. The predicted molar refractivity (Wildman–Crippen MR) is 79.9 cm³/mol. The van der Waals surface area contributed by atoms with Crippen molar-refractivity contribution in [2.24, 2.45) is 0 Å². The van der Waals surface area contributed by atoms with E-state index in [1.54, 1.807) is 0 Å². The summed E-state index contributed by atoms with van der Waals surface area (Å²) in [5.74, 6) is 0.513. The number of anilines is 1. The first-order chi connectivity index (χ1) is 8.61. The van der Waals surface area contributed by atoms with Crippen LogP contribution in [0.2, 0.25) is 5.02 Å². The molecule has 0 aromatic heterocycles. The molecular formula is C14H20Cl2N2. The number of nitrogens with zero attached hydrogens (tertiary/aromatic N) is 2. The van der Waals surface area contributed by atoms with E-state index in [1.165, 1.54) is 18.5 Å². The number of halogens is 2. The van der Waals surface area contributed by atoms with Crippen molar-refractivity contribution in [3.8, 4) is 0 Å². The summed E-state index contributed by atoms with van der Waals surface area (Å²) in [5, 5.41) is 0.760. The van der Waals surface area contributed by atoms with E-state index in [9.17, 15) is 0 Å². The first-order valence-electron chi connectivity index (χ1n) is 6.37. The maximum absolute atomic E-state index is 6.03. The molecule has 0 bridgehead atoms. The van der Waals surface area contributed by atoms with Crippen LogP contribution >= 0.6 is 23.2 Å². The fraction of sp³-hybridized carbons (Fsp3) is 0.571. The normalized spacial score (nSPS) is 20.5. The summed E-state index contributed by atoms with van der Waals surface area (Å²) >= 11 is 12.1. The van der Waals surface area contributed by atoms with E-state index in [2.05, 4.69) is 30.0 Å². The highest BCUT2D eigenvalue weighted by Gasteiger charge is 2.22. The lowest BCUT2D eigenvalue weighted by atomic mass is 10.0. The smallest absolute Gasteiger partial charge is 0.0495 e. The van der Waals surface area contributed by atoms with E-state index in [1.807, 2.05) is 12.1 Å². The molecule has 0 aliphatic carbocycles. The van der Waals surface area contributed by atoms with Gasteiger partial charge in [0, 0.05) is 35.7 Å². The Morgan fingerprint density at radius 1 is 1.39 bits per heavy atom. The number of hydrogen-bond donors (Lipinski definition) is 0. The van der Waals surface area contributed by atoms with Gasteiger partial charge in [0.15, 0.2) is 0 Å². The molecule has 18 heavy (non-hydrogen) atoms. The Morgan fingerprint density at radius 2 is 2.17 bits per heavy atom. The number of likely N-dealkylation sites (N-methyl/N-ethyl adjacent to an activating group) is 1. The predicted octanol–water partition coefficient (Wildman–Crippen LogP) is 3.61. The average molecular weight is 287 g/mol. The van der Waals surface area contributed by atoms with Crippen LogP contribution in [0.15, 0.2) is 18.2 Å². The van der Waals surface area contributed by atoms with Gasteiger partial charge in [-0.2, -0.15) is 0 Å². The maximum Gasteiger partial charge on any atom is 0.0495 e. The Balaban J connectivity index is 2.20. The molecule has 1 aromatic rings. The topological polar surface area (TPSA) is 6.48 Å². The summed E-state index contributed by atoms with van der Waals surface area (Å²) in [6.45, 7) is 2.17. The number of benzene rings is 1. The molecule has 1 aromatic carbocycles. The molecule has 1 aliphatic heterocycles. The molecule has 0 amide bonds. The van der Waals surface area contributed by atoms with Gasteiger partial charge in [0.05, 0.1) is 0 Å². The van der Waals surface area contributed by atoms with E-state index in [0.717, 1.165) is 23.7 Å². The Morgan fingerprint density at radius 3 is 2.83 bits per heavy atom. The number of rotatable bonds is 3. The zero-order valence-electron chi connectivity index (χ0n) is 11.0. The van der Waals surface area contributed by atoms with Gasteiger partial charge in [0.1, 0.15) is 0 Å². The van der Waals surface area contributed by atoms with Crippen molar-refractivity contribution in [2.45, 2.75) is 24.8 Å². The first-order valence-corrected chi connectivity index (χ1v) is 7.29. The van der Waals surface area contributed by atoms with Crippen molar-refractivity contribution >= 4 is 28.9 Å². The molecule has 1 saturated heterocycles. The highest BCUT2D eigenvalue weighted by molar-refractivity contribution is 6.30. The quantitative estimate of drug-likeness (QED) is 0.784. The van der Waals surface area contributed by atoms with Gasteiger partial charge >= 0.3 is 0 Å². The van der Waals surface area contributed by atoms with E-state index in [-0.39, 0.29) is 0 Å². The van der Waals surface area contributed by atoms with Gasteiger partial charge in [-0.3, -0.25) is 0 Å². The van der Waals surface area contributed by atoms with Gasteiger partial charge in [-0.05, 0) is 50.7 Å². The minimum atomic E-state index is 0.513. The molecule has 0 spiro atoms. The molecule has 4 heteroatoms. The largest absolute Gasteiger partial charge is 0.370 e. The first kappa shape index (κ1) is 14.0. The lowest BCUT2D eigenvalue weighted by Gasteiger charge is -2.38. The van der Waals surface area contributed by atoms with Gasteiger partial charge in [0.2, 0.25) is 0 Å². The molecule has 2 rings (SSSR count). The fourth-order valence-electron chi connectivity index (χ4n) is 2.56. The highest BCUT2D eigenvalue weighted by Crippen LogP contribution is 2.28. The van der Waals surface area contributed by atoms with Crippen LogP contribution in [-0.4, -0.2) is 38.1 Å². The van der Waals surface area contributed by atoms with Gasteiger partial charge in [-0.15, -0.1) is 11.6 Å². The van der Waals surface area contributed by atoms with Crippen molar-refractivity contribution in [1.82, 2.24) is 4.90 Å². The molecule has 100 valence electrons. The van der Waals surface area contributed by atoms with Gasteiger partial charge < -0.3 is 9.80 Å². The van der Waals surface area contributed by atoms with E-state index in [4.69, 9.17) is 23.2 Å². The van der Waals surface area contributed by atoms with Crippen LogP contribution in [0.4, 0.5) is 5.69 Å². The molecule has 1 atom stereocenters. The zero-order chi connectivity index (χ0) is 13.1. The Kier molecular flexibility index (Phi) is 4.77. The van der Waals surface area contributed by atoms with E-state index >= 15 is 0 Å². The summed E-state index contributed by atoms with van der Waals surface area (Å²) in [5.41, 5.74) is 2.37. The molecule has 1 unspecified atom stereocenters. The van der Waals surface area contributed by atoms with Crippen LogP contribution in [0.3, 0.4) is 0 Å².